The summed E-state index contributed by atoms with van der Waals surface area (Å²) in [6, 6.07) is 4.37. The second kappa shape index (κ2) is 7.26. The Hall–Kier alpha value is -1.08. The van der Waals surface area contributed by atoms with Gasteiger partial charge in [0.1, 0.15) is 11.6 Å². The maximum absolute atomic E-state index is 11.7. The van der Waals surface area contributed by atoms with Crippen LogP contribution < -0.4 is 5.32 Å². The van der Waals surface area contributed by atoms with Crippen molar-refractivity contribution < 1.29 is 19.4 Å². The van der Waals surface area contributed by atoms with Crippen molar-refractivity contribution in [2.75, 3.05) is 0 Å². The molecule has 0 spiro atoms. The number of amides is 1. The van der Waals surface area contributed by atoms with Crippen molar-refractivity contribution in [3.8, 4) is 0 Å². The van der Waals surface area contributed by atoms with E-state index in [1.807, 2.05) is 12.1 Å². The van der Waals surface area contributed by atoms with Gasteiger partial charge in [-0.2, -0.15) is 0 Å². The van der Waals surface area contributed by atoms with Crippen LogP contribution in [0.4, 0.5) is 4.79 Å². The molecule has 0 saturated heterocycles. The van der Waals surface area contributed by atoms with E-state index < -0.39 is 23.7 Å². The summed E-state index contributed by atoms with van der Waals surface area (Å²) < 4.78 is 6.72. The van der Waals surface area contributed by atoms with Gasteiger partial charge in [0.05, 0.1) is 0 Å². The smallest absolute Gasteiger partial charge is 0.408 e. The predicted octanol–water partition coefficient (Wildman–Crippen LogP) is 3.73. The molecule has 0 heterocycles. The van der Waals surface area contributed by atoms with Gasteiger partial charge in [0, 0.05) is 15.4 Å². The van der Waals surface area contributed by atoms with Crippen molar-refractivity contribution in [1.29, 1.82) is 0 Å². The number of ether oxygens (including phenoxy) is 1. The van der Waals surface area contributed by atoms with Gasteiger partial charge in [0.2, 0.25) is 0 Å². The molecule has 0 aliphatic rings. The van der Waals surface area contributed by atoms with E-state index >= 15 is 0 Å². The Labute approximate surface area is 140 Å². The Morgan fingerprint density at radius 3 is 2.43 bits per heavy atom. The third-order valence-electron chi connectivity index (χ3n) is 2.43. The molecule has 0 saturated carbocycles. The van der Waals surface area contributed by atoms with Gasteiger partial charge in [-0.25, -0.2) is 9.59 Å². The fourth-order valence-electron chi connectivity index (χ4n) is 1.56. The molecule has 0 radical (unpaired) electrons. The molecule has 1 unspecified atom stereocenters. The van der Waals surface area contributed by atoms with Gasteiger partial charge >= 0.3 is 12.1 Å². The van der Waals surface area contributed by atoms with Gasteiger partial charge in [-0.15, -0.1) is 0 Å². The summed E-state index contributed by atoms with van der Waals surface area (Å²) in [7, 11) is 0. The van der Waals surface area contributed by atoms with E-state index in [4.69, 9.17) is 4.74 Å². The van der Waals surface area contributed by atoms with Gasteiger partial charge in [-0.05, 0) is 38.5 Å². The zero-order valence-electron chi connectivity index (χ0n) is 11.9. The first-order valence-corrected chi connectivity index (χ1v) is 7.83. The van der Waals surface area contributed by atoms with Crippen molar-refractivity contribution in [3.05, 3.63) is 32.7 Å². The fraction of sp³-hybridized carbons (Fsp3) is 0.429. The standard InChI is InChI=1S/C14H17Br2NO4/c1-14(2,3)21-13(20)17-11(12(18)19)6-8-4-5-9(15)7-10(8)16/h4-5,7,11H,6H2,1-3H3,(H,17,20)(H,18,19). The molecule has 0 aliphatic heterocycles. The number of carboxylic acids is 1. The van der Waals surface area contributed by atoms with Crippen LogP contribution in [0, 0.1) is 0 Å². The molecule has 2 N–H and O–H groups in total. The first-order valence-electron chi connectivity index (χ1n) is 6.25. The van der Waals surface area contributed by atoms with Crippen LogP contribution in [0.15, 0.2) is 27.1 Å². The summed E-state index contributed by atoms with van der Waals surface area (Å²) in [6.07, 6.45) is -0.592. The fourth-order valence-corrected chi connectivity index (χ4v) is 2.77. The summed E-state index contributed by atoms with van der Waals surface area (Å²) in [5, 5.41) is 11.6. The number of carbonyl (C=O) groups excluding carboxylic acids is 1. The lowest BCUT2D eigenvalue weighted by Gasteiger charge is -2.22. The summed E-state index contributed by atoms with van der Waals surface area (Å²) in [6.45, 7) is 5.15. The molecule has 0 fully saturated rings. The Kier molecular flexibility index (Phi) is 6.22. The van der Waals surface area contributed by atoms with Crippen molar-refractivity contribution in [1.82, 2.24) is 5.32 Å². The quantitative estimate of drug-likeness (QED) is 0.774. The molecule has 0 bridgehead atoms. The normalized spacial score (nSPS) is 12.6. The summed E-state index contributed by atoms with van der Waals surface area (Å²) in [5.74, 6) is -1.12. The number of halogens is 2. The lowest BCUT2D eigenvalue weighted by atomic mass is 10.1. The Balaban J connectivity index is 2.79. The minimum Gasteiger partial charge on any atom is -0.480 e. The van der Waals surface area contributed by atoms with Crippen LogP contribution in [0.25, 0.3) is 0 Å². The Morgan fingerprint density at radius 2 is 1.95 bits per heavy atom. The van der Waals surface area contributed by atoms with Crippen LogP contribution in [-0.2, 0) is 16.0 Å². The minimum atomic E-state index is -1.12. The van der Waals surface area contributed by atoms with Gasteiger partial charge in [-0.1, -0.05) is 37.9 Å². The average Bonchev–Trinajstić information content (AvgIpc) is 2.28. The highest BCUT2D eigenvalue weighted by Crippen LogP contribution is 2.23. The molecule has 0 aliphatic carbocycles. The third-order valence-corrected chi connectivity index (χ3v) is 3.66. The molecule has 1 aromatic rings. The van der Waals surface area contributed by atoms with E-state index in [2.05, 4.69) is 37.2 Å². The molecular weight excluding hydrogens is 406 g/mol. The molecule has 1 amide bonds. The highest BCUT2D eigenvalue weighted by Gasteiger charge is 2.24. The lowest BCUT2D eigenvalue weighted by Crippen LogP contribution is -2.44. The first-order chi connectivity index (χ1) is 9.58. The number of hydrogen-bond acceptors (Lipinski definition) is 3. The third kappa shape index (κ3) is 6.48. The number of benzene rings is 1. The summed E-state index contributed by atoms with van der Waals surface area (Å²) in [5.41, 5.74) is 0.104. The molecule has 1 rings (SSSR count). The van der Waals surface area contributed by atoms with Crippen LogP contribution in [0.2, 0.25) is 0 Å². The molecule has 116 valence electrons. The predicted molar refractivity (Wildman–Crippen MR) is 86.3 cm³/mol. The van der Waals surface area contributed by atoms with Crippen LogP contribution in [0.1, 0.15) is 26.3 Å². The number of nitrogens with one attached hydrogen (secondary N) is 1. The SMILES string of the molecule is CC(C)(C)OC(=O)NC(Cc1ccc(Br)cc1Br)C(=O)O. The maximum atomic E-state index is 11.7. The molecule has 1 atom stereocenters. The highest BCUT2D eigenvalue weighted by atomic mass is 79.9. The topological polar surface area (TPSA) is 75.6 Å². The number of alkyl carbamates (subject to hydrolysis) is 1. The average molecular weight is 423 g/mol. The van der Waals surface area contributed by atoms with Gasteiger partial charge in [0.15, 0.2) is 0 Å². The van der Waals surface area contributed by atoms with E-state index in [1.165, 1.54) is 0 Å². The number of aliphatic carboxylic acids is 1. The van der Waals surface area contributed by atoms with E-state index in [1.54, 1.807) is 26.8 Å². The van der Waals surface area contributed by atoms with Crippen LogP contribution >= 0.6 is 31.9 Å². The zero-order chi connectivity index (χ0) is 16.2. The van der Waals surface area contributed by atoms with E-state index in [9.17, 15) is 14.7 Å². The minimum absolute atomic E-state index is 0.155. The van der Waals surface area contributed by atoms with Gasteiger partial charge < -0.3 is 15.2 Å². The monoisotopic (exact) mass is 421 g/mol. The van der Waals surface area contributed by atoms with Crippen molar-refractivity contribution in [3.63, 3.8) is 0 Å². The zero-order valence-corrected chi connectivity index (χ0v) is 15.1. The summed E-state index contributed by atoms with van der Waals surface area (Å²) in [4.78, 5) is 23.0. The maximum Gasteiger partial charge on any atom is 0.408 e. The number of carboxylic acid groups (broad SMARTS) is 1. The second-order valence-electron chi connectivity index (χ2n) is 5.48. The molecule has 21 heavy (non-hydrogen) atoms. The van der Waals surface area contributed by atoms with Crippen LogP contribution in [0.3, 0.4) is 0 Å². The molecule has 7 heteroatoms. The van der Waals surface area contributed by atoms with Crippen molar-refractivity contribution in [2.24, 2.45) is 0 Å². The molecule has 0 aromatic heterocycles. The summed E-state index contributed by atoms with van der Waals surface area (Å²) >= 11 is 6.70. The van der Waals surface area contributed by atoms with E-state index in [0.29, 0.717) is 0 Å². The van der Waals surface area contributed by atoms with Crippen LogP contribution in [-0.4, -0.2) is 28.8 Å². The van der Waals surface area contributed by atoms with Crippen LogP contribution in [0.5, 0.6) is 0 Å². The van der Waals surface area contributed by atoms with E-state index in [0.717, 1.165) is 14.5 Å². The highest BCUT2D eigenvalue weighted by molar-refractivity contribution is 9.11. The molecule has 1 aromatic carbocycles. The van der Waals surface area contributed by atoms with Gasteiger partial charge in [-0.3, -0.25) is 0 Å². The van der Waals surface area contributed by atoms with E-state index in [-0.39, 0.29) is 6.42 Å². The second-order valence-corrected chi connectivity index (χ2v) is 7.25. The largest absolute Gasteiger partial charge is 0.480 e. The van der Waals surface area contributed by atoms with Gasteiger partial charge in [0.25, 0.3) is 0 Å². The molecular formula is C14H17Br2NO4. The number of rotatable bonds is 4. The number of hydrogen-bond donors (Lipinski definition) is 2. The number of carbonyl (C=O) groups is 2. The molecule has 5 nitrogen and oxygen atoms in total. The van der Waals surface area contributed by atoms with Crippen molar-refractivity contribution in [2.45, 2.75) is 38.8 Å². The first kappa shape index (κ1) is 18.0. The lowest BCUT2D eigenvalue weighted by molar-refractivity contribution is -0.139. The Morgan fingerprint density at radius 1 is 1.33 bits per heavy atom. The Bertz CT molecular complexity index is 540. The van der Waals surface area contributed by atoms with Crippen molar-refractivity contribution >= 4 is 43.9 Å².